The predicted molar refractivity (Wildman–Crippen MR) is 70.6 cm³/mol. The molecule has 1 aliphatic heterocycles. The SMILES string of the molecule is CCC(C)(C)c1ccc(N2CCOCC2)nc1. The van der Waals surface area contributed by atoms with E-state index in [1.165, 1.54) is 5.56 Å². The van der Waals surface area contributed by atoms with Crippen LogP contribution in [0.4, 0.5) is 5.82 Å². The zero-order valence-electron chi connectivity index (χ0n) is 11.1. The number of rotatable bonds is 3. The van der Waals surface area contributed by atoms with Gasteiger partial charge < -0.3 is 9.64 Å². The Morgan fingerprint density at radius 2 is 2.00 bits per heavy atom. The smallest absolute Gasteiger partial charge is 0.128 e. The second kappa shape index (κ2) is 5.05. The molecule has 0 amide bonds. The lowest BCUT2D eigenvalue weighted by atomic mass is 9.83. The third kappa shape index (κ3) is 2.78. The molecule has 3 heteroatoms. The molecule has 0 saturated carbocycles. The molecule has 3 nitrogen and oxygen atoms in total. The van der Waals surface area contributed by atoms with Gasteiger partial charge in [-0.3, -0.25) is 0 Å². The van der Waals surface area contributed by atoms with Crippen molar-refractivity contribution in [1.29, 1.82) is 0 Å². The normalized spacial score (nSPS) is 17.2. The lowest BCUT2D eigenvalue weighted by molar-refractivity contribution is 0.122. The van der Waals surface area contributed by atoms with Gasteiger partial charge in [0.2, 0.25) is 0 Å². The monoisotopic (exact) mass is 234 g/mol. The number of hydrogen-bond acceptors (Lipinski definition) is 3. The standard InChI is InChI=1S/C14H22N2O/c1-4-14(2,3)12-5-6-13(15-11-12)16-7-9-17-10-8-16/h5-6,11H,4,7-10H2,1-3H3. The van der Waals surface area contributed by atoms with E-state index in [1.807, 2.05) is 6.20 Å². The lowest BCUT2D eigenvalue weighted by Gasteiger charge is -2.29. The first-order valence-electron chi connectivity index (χ1n) is 6.43. The summed E-state index contributed by atoms with van der Waals surface area (Å²) in [6.45, 7) is 10.3. The molecule has 2 rings (SSSR count). The minimum atomic E-state index is 0.219. The summed E-state index contributed by atoms with van der Waals surface area (Å²) in [5.41, 5.74) is 1.54. The highest BCUT2D eigenvalue weighted by atomic mass is 16.5. The molecular formula is C14H22N2O. The van der Waals surface area contributed by atoms with E-state index in [-0.39, 0.29) is 5.41 Å². The molecule has 0 aromatic carbocycles. The average Bonchev–Trinajstić information content (AvgIpc) is 2.40. The third-order valence-electron chi connectivity index (χ3n) is 3.75. The molecule has 0 radical (unpaired) electrons. The van der Waals surface area contributed by atoms with Crippen LogP contribution < -0.4 is 4.90 Å². The molecule has 1 aliphatic rings. The summed E-state index contributed by atoms with van der Waals surface area (Å²) < 4.78 is 5.35. The summed E-state index contributed by atoms with van der Waals surface area (Å²) in [7, 11) is 0. The van der Waals surface area contributed by atoms with Gasteiger partial charge in [0.15, 0.2) is 0 Å². The number of aromatic nitrogens is 1. The van der Waals surface area contributed by atoms with Gasteiger partial charge in [-0.2, -0.15) is 0 Å². The van der Waals surface area contributed by atoms with E-state index in [0.29, 0.717) is 0 Å². The molecule has 0 N–H and O–H groups in total. The average molecular weight is 234 g/mol. The predicted octanol–water partition coefficient (Wildman–Crippen LogP) is 2.61. The van der Waals surface area contributed by atoms with Gasteiger partial charge >= 0.3 is 0 Å². The van der Waals surface area contributed by atoms with Crippen molar-refractivity contribution >= 4 is 5.82 Å². The molecule has 0 atom stereocenters. The summed E-state index contributed by atoms with van der Waals surface area (Å²) in [5, 5.41) is 0. The van der Waals surface area contributed by atoms with E-state index < -0.39 is 0 Å². The molecular weight excluding hydrogens is 212 g/mol. The van der Waals surface area contributed by atoms with Crippen LogP contribution in [0.25, 0.3) is 0 Å². The Morgan fingerprint density at radius 3 is 2.53 bits per heavy atom. The number of ether oxygens (including phenoxy) is 1. The number of hydrogen-bond donors (Lipinski definition) is 0. The Balaban J connectivity index is 2.12. The fourth-order valence-corrected chi connectivity index (χ4v) is 1.97. The first kappa shape index (κ1) is 12.4. The minimum absolute atomic E-state index is 0.219. The van der Waals surface area contributed by atoms with Crippen molar-refractivity contribution in [2.45, 2.75) is 32.6 Å². The first-order chi connectivity index (χ1) is 8.13. The van der Waals surface area contributed by atoms with Crippen molar-refractivity contribution in [1.82, 2.24) is 4.98 Å². The Hall–Kier alpha value is -1.09. The van der Waals surface area contributed by atoms with Crippen molar-refractivity contribution in [2.24, 2.45) is 0 Å². The molecule has 0 bridgehead atoms. The minimum Gasteiger partial charge on any atom is -0.378 e. The van der Waals surface area contributed by atoms with Crippen LogP contribution in [0.3, 0.4) is 0 Å². The molecule has 0 aliphatic carbocycles. The number of pyridine rings is 1. The van der Waals surface area contributed by atoms with E-state index in [2.05, 4.69) is 42.8 Å². The summed E-state index contributed by atoms with van der Waals surface area (Å²) >= 11 is 0. The largest absolute Gasteiger partial charge is 0.378 e. The van der Waals surface area contributed by atoms with Crippen LogP contribution in [-0.4, -0.2) is 31.3 Å². The van der Waals surface area contributed by atoms with Gasteiger partial charge in [-0.05, 0) is 23.5 Å². The van der Waals surface area contributed by atoms with Crippen molar-refractivity contribution in [2.75, 3.05) is 31.2 Å². The highest BCUT2D eigenvalue weighted by molar-refractivity contribution is 5.40. The third-order valence-corrected chi connectivity index (χ3v) is 3.75. The second-order valence-corrected chi connectivity index (χ2v) is 5.24. The Labute approximate surface area is 104 Å². The summed E-state index contributed by atoms with van der Waals surface area (Å²) in [4.78, 5) is 6.87. The lowest BCUT2D eigenvalue weighted by Crippen LogP contribution is -2.36. The highest BCUT2D eigenvalue weighted by Gasteiger charge is 2.19. The molecule has 94 valence electrons. The molecule has 1 aromatic rings. The van der Waals surface area contributed by atoms with E-state index >= 15 is 0 Å². The van der Waals surface area contributed by atoms with Crippen LogP contribution in [0.1, 0.15) is 32.8 Å². The van der Waals surface area contributed by atoms with Crippen molar-refractivity contribution in [3.8, 4) is 0 Å². The maximum Gasteiger partial charge on any atom is 0.128 e. The molecule has 17 heavy (non-hydrogen) atoms. The van der Waals surface area contributed by atoms with Gasteiger partial charge in [0.1, 0.15) is 5.82 Å². The zero-order chi connectivity index (χ0) is 12.3. The maximum absolute atomic E-state index is 5.35. The van der Waals surface area contributed by atoms with Gasteiger partial charge in [-0.1, -0.05) is 26.8 Å². The van der Waals surface area contributed by atoms with E-state index in [0.717, 1.165) is 38.5 Å². The van der Waals surface area contributed by atoms with Gasteiger partial charge in [-0.25, -0.2) is 4.98 Å². The van der Waals surface area contributed by atoms with E-state index in [1.54, 1.807) is 0 Å². The summed E-state index contributed by atoms with van der Waals surface area (Å²) in [6, 6.07) is 4.35. The Kier molecular flexibility index (Phi) is 3.67. The molecule has 0 spiro atoms. The van der Waals surface area contributed by atoms with Crippen LogP contribution >= 0.6 is 0 Å². The molecule has 1 aromatic heterocycles. The second-order valence-electron chi connectivity index (χ2n) is 5.24. The molecule has 1 fully saturated rings. The maximum atomic E-state index is 5.35. The Morgan fingerprint density at radius 1 is 1.29 bits per heavy atom. The summed E-state index contributed by atoms with van der Waals surface area (Å²) in [5.74, 6) is 1.07. The first-order valence-corrected chi connectivity index (χ1v) is 6.43. The van der Waals surface area contributed by atoms with Gasteiger partial charge in [-0.15, -0.1) is 0 Å². The van der Waals surface area contributed by atoms with Crippen LogP contribution in [0.5, 0.6) is 0 Å². The van der Waals surface area contributed by atoms with E-state index in [9.17, 15) is 0 Å². The van der Waals surface area contributed by atoms with Gasteiger partial charge in [0.25, 0.3) is 0 Å². The number of nitrogens with zero attached hydrogens (tertiary/aromatic N) is 2. The number of anilines is 1. The van der Waals surface area contributed by atoms with Crippen LogP contribution in [0.15, 0.2) is 18.3 Å². The Bertz CT molecular complexity index is 353. The van der Waals surface area contributed by atoms with Crippen molar-refractivity contribution in [3.63, 3.8) is 0 Å². The summed E-state index contributed by atoms with van der Waals surface area (Å²) in [6.07, 6.45) is 3.15. The quantitative estimate of drug-likeness (QED) is 0.804. The van der Waals surface area contributed by atoms with E-state index in [4.69, 9.17) is 4.74 Å². The van der Waals surface area contributed by atoms with Crippen molar-refractivity contribution in [3.05, 3.63) is 23.9 Å². The van der Waals surface area contributed by atoms with Crippen LogP contribution in [0.2, 0.25) is 0 Å². The topological polar surface area (TPSA) is 25.4 Å². The molecule has 1 saturated heterocycles. The zero-order valence-corrected chi connectivity index (χ0v) is 11.1. The van der Waals surface area contributed by atoms with Crippen LogP contribution in [-0.2, 0) is 10.2 Å². The fraction of sp³-hybridized carbons (Fsp3) is 0.643. The number of morpholine rings is 1. The van der Waals surface area contributed by atoms with Gasteiger partial charge in [0, 0.05) is 19.3 Å². The van der Waals surface area contributed by atoms with Crippen LogP contribution in [0, 0.1) is 0 Å². The van der Waals surface area contributed by atoms with Gasteiger partial charge in [0.05, 0.1) is 13.2 Å². The highest BCUT2D eigenvalue weighted by Crippen LogP contribution is 2.27. The van der Waals surface area contributed by atoms with Crippen molar-refractivity contribution < 1.29 is 4.74 Å². The molecule has 2 heterocycles. The molecule has 0 unspecified atom stereocenters. The fourth-order valence-electron chi connectivity index (χ4n) is 1.97.